The molecular weight excluding hydrogens is 332 g/mol. The first-order chi connectivity index (χ1) is 12.7. The predicted octanol–water partition coefficient (Wildman–Crippen LogP) is 6.16. The van der Waals surface area contributed by atoms with Crippen LogP contribution in [0.4, 0.5) is 0 Å². The predicted molar refractivity (Wildman–Crippen MR) is 110 cm³/mol. The van der Waals surface area contributed by atoms with Crippen molar-refractivity contribution < 1.29 is 9.90 Å². The summed E-state index contributed by atoms with van der Waals surface area (Å²) in [6, 6.07) is 0. The van der Waals surface area contributed by atoms with Crippen molar-refractivity contribution in [3.05, 3.63) is 0 Å². The number of hydrogen-bond acceptors (Lipinski definition) is 2. The van der Waals surface area contributed by atoms with Gasteiger partial charge in [0.05, 0.1) is 5.60 Å². The smallest absolute Gasteiger partial charge is 0.133 e. The van der Waals surface area contributed by atoms with Crippen molar-refractivity contribution in [3.8, 4) is 0 Å². The van der Waals surface area contributed by atoms with Gasteiger partial charge in [-0.25, -0.2) is 0 Å². The Morgan fingerprint density at radius 2 is 1.70 bits per heavy atom. The Morgan fingerprint density at radius 1 is 0.963 bits per heavy atom. The van der Waals surface area contributed by atoms with Crippen LogP contribution in [0.2, 0.25) is 0 Å². The Bertz CT molecular complexity index is 585. The van der Waals surface area contributed by atoms with Gasteiger partial charge in [-0.3, -0.25) is 4.79 Å². The van der Waals surface area contributed by atoms with E-state index in [1.807, 2.05) is 6.92 Å². The molecule has 154 valence electrons. The van der Waals surface area contributed by atoms with Crippen molar-refractivity contribution in [3.63, 3.8) is 0 Å². The molecule has 2 nitrogen and oxygen atoms in total. The van der Waals surface area contributed by atoms with Crippen molar-refractivity contribution in [2.24, 2.45) is 40.4 Å². The second kappa shape index (κ2) is 6.85. The average Bonchev–Trinajstić information content (AvgIpc) is 2.61. The third-order valence-corrected chi connectivity index (χ3v) is 10.3. The van der Waals surface area contributed by atoms with E-state index in [9.17, 15) is 9.90 Å². The van der Waals surface area contributed by atoms with Gasteiger partial charge < -0.3 is 5.11 Å². The number of fused-ring (bicyclic) bond motifs is 5. The lowest BCUT2D eigenvalue weighted by atomic mass is 9.41. The summed E-state index contributed by atoms with van der Waals surface area (Å²) in [5.74, 6) is 3.87. The van der Waals surface area contributed by atoms with Gasteiger partial charge in [-0.2, -0.15) is 0 Å². The molecule has 0 spiro atoms. The first-order valence-electron chi connectivity index (χ1n) is 12.0. The van der Waals surface area contributed by atoms with Crippen LogP contribution in [0, 0.1) is 40.4 Å². The molecule has 4 saturated carbocycles. The number of ketones is 1. The summed E-state index contributed by atoms with van der Waals surface area (Å²) in [5.41, 5.74) is 0.291. The summed E-state index contributed by atoms with van der Waals surface area (Å²) in [4.78, 5) is 12.4. The fraction of sp³-hybridized carbons (Fsp3) is 0.960. The highest BCUT2D eigenvalue weighted by molar-refractivity contribution is 5.79. The number of carbonyl (C=O) groups is 1. The van der Waals surface area contributed by atoms with Crippen LogP contribution in [-0.2, 0) is 4.79 Å². The molecule has 4 aliphatic carbocycles. The molecule has 4 rings (SSSR count). The number of aliphatic hydroxyl groups is 1. The summed E-state index contributed by atoms with van der Waals surface area (Å²) in [6.07, 6.45) is 14.3. The van der Waals surface area contributed by atoms with Crippen molar-refractivity contribution in [1.82, 2.24) is 0 Å². The third-order valence-electron chi connectivity index (χ3n) is 10.3. The van der Waals surface area contributed by atoms with Gasteiger partial charge in [-0.1, -0.05) is 33.6 Å². The van der Waals surface area contributed by atoms with Crippen LogP contribution in [0.25, 0.3) is 0 Å². The monoisotopic (exact) mass is 374 g/mol. The fourth-order valence-corrected chi connectivity index (χ4v) is 8.88. The van der Waals surface area contributed by atoms with Crippen LogP contribution in [0.15, 0.2) is 0 Å². The number of carbonyl (C=O) groups excluding carboxylic acids is 1. The largest absolute Gasteiger partial charge is 0.390 e. The summed E-state index contributed by atoms with van der Waals surface area (Å²) in [7, 11) is 0. The maximum Gasteiger partial charge on any atom is 0.133 e. The highest BCUT2D eigenvalue weighted by atomic mass is 16.3. The Balaban J connectivity index is 1.58. The van der Waals surface area contributed by atoms with Gasteiger partial charge in [-0.05, 0) is 106 Å². The molecule has 0 aromatic heterocycles. The zero-order valence-corrected chi connectivity index (χ0v) is 18.2. The molecule has 0 radical (unpaired) electrons. The maximum atomic E-state index is 12.4. The topological polar surface area (TPSA) is 37.3 Å². The van der Waals surface area contributed by atoms with Gasteiger partial charge >= 0.3 is 0 Å². The molecule has 0 heterocycles. The first kappa shape index (κ1) is 19.9. The zero-order valence-electron chi connectivity index (χ0n) is 18.2. The van der Waals surface area contributed by atoms with E-state index in [1.165, 1.54) is 44.9 Å². The lowest BCUT2D eigenvalue weighted by Crippen LogP contribution is -2.58. The van der Waals surface area contributed by atoms with Crippen LogP contribution in [0.5, 0.6) is 0 Å². The van der Waals surface area contributed by atoms with E-state index in [-0.39, 0.29) is 11.0 Å². The molecule has 0 saturated heterocycles. The molecule has 0 amide bonds. The second-order valence-corrected chi connectivity index (χ2v) is 11.5. The SMILES string of the molecule is CCC[C@@]1(O)CC[C@@]2(C)[C@@H](CC[C@@H]3[C@@H]2CC[C@]2(C)[C@@H](C(C)=O)CCC[C@@H]32)C1. The molecule has 8 atom stereocenters. The van der Waals surface area contributed by atoms with Crippen LogP contribution in [-0.4, -0.2) is 16.5 Å². The summed E-state index contributed by atoms with van der Waals surface area (Å²) in [5, 5.41) is 11.1. The Morgan fingerprint density at radius 3 is 2.41 bits per heavy atom. The van der Waals surface area contributed by atoms with Crippen LogP contribution in [0.3, 0.4) is 0 Å². The zero-order chi connectivity index (χ0) is 19.4. The van der Waals surface area contributed by atoms with Gasteiger partial charge in [0.25, 0.3) is 0 Å². The van der Waals surface area contributed by atoms with E-state index in [0.29, 0.717) is 23.0 Å². The minimum atomic E-state index is -0.389. The summed E-state index contributed by atoms with van der Waals surface area (Å²) >= 11 is 0. The number of rotatable bonds is 3. The molecule has 0 aliphatic heterocycles. The molecule has 0 aromatic carbocycles. The minimum absolute atomic E-state index is 0.256. The first-order valence-corrected chi connectivity index (χ1v) is 12.0. The number of Topliss-reactive ketones (excluding diaryl/α,β-unsaturated/α-hetero) is 1. The Kier molecular flexibility index (Phi) is 5.06. The molecule has 4 fully saturated rings. The molecular formula is C25H42O2. The van der Waals surface area contributed by atoms with E-state index in [0.717, 1.165) is 49.9 Å². The van der Waals surface area contributed by atoms with Gasteiger partial charge in [0.15, 0.2) is 0 Å². The highest BCUT2D eigenvalue weighted by Crippen LogP contribution is 2.67. The van der Waals surface area contributed by atoms with Crippen LogP contribution >= 0.6 is 0 Å². The molecule has 0 bridgehead atoms. The summed E-state index contributed by atoms with van der Waals surface area (Å²) in [6.45, 7) is 9.10. The van der Waals surface area contributed by atoms with Crippen molar-refractivity contribution in [1.29, 1.82) is 0 Å². The molecule has 1 N–H and O–H groups in total. The Labute approximate surface area is 166 Å². The second-order valence-electron chi connectivity index (χ2n) is 11.5. The van der Waals surface area contributed by atoms with E-state index < -0.39 is 0 Å². The maximum absolute atomic E-state index is 12.4. The van der Waals surface area contributed by atoms with Gasteiger partial charge in [0.2, 0.25) is 0 Å². The van der Waals surface area contributed by atoms with E-state index in [4.69, 9.17) is 0 Å². The van der Waals surface area contributed by atoms with Crippen LogP contribution in [0.1, 0.15) is 105 Å². The highest BCUT2D eigenvalue weighted by Gasteiger charge is 2.60. The van der Waals surface area contributed by atoms with Crippen LogP contribution < -0.4 is 0 Å². The standard InChI is InChI=1S/C25H42O2/c1-5-12-25(27)15-14-23(3)18(16-25)9-10-19-21-8-6-7-20(17(2)26)24(21,4)13-11-22(19)23/h18-22,27H,5-16H2,1-4H3/t18-,19-,20+,21-,22-,23-,24+,25+/m0/s1. The van der Waals surface area contributed by atoms with E-state index >= 15 is 0 Å². The third kappa shape index (κ3) is 3.04. The fourth-order valence-electron chi connectivity index (χ4n) is 8.88. The summed E-state index contributed by atoms with van der Waals surface area (Å²) < 4.78 is 0. The molecule has 0 unspecified atom stereocenters. The normalized spacial score (nSPS) is 52.4. The van der Waals surface area contributed by atoms with Crippen molar-refractivity contribution in [2.75, 3.05) is 0 Å². The Hall–Kier alpha value is -0.370. The molecule has 2 heteroatoms. The van der Waals surface area contributed by atoms with Gasteiger partial charge in [0, 0.05) is 5.92 Å². The molecule has 4 aliphatic rings. The quantitative estimate of drug-likeness (QED) is 0.642. The van der Waals surface area contributed by atoms with E-state index in [2.05, 4.69) is 20.8 Å². The molecule has 0 aromatic rings. The van der Waals surface area contributed by atoms with Crippen molar-refractivity contribution >= 4 is 5.78 Å². The minimum Gasteiger partial charge on any atom is -0.390 e. The molecule has 27 heavy (non-hydrogen) atoms. The number of hydrogen-bond donors (Lipinski definition) is 1. The van der Waals surface area contributed by atoms with Crippen molar-refractivity contribution in [2.45, 2.75) is 110 Å². The lowest BCUT2D eigenvalue weighted by Gasteiger charge is -2.64. The average molecular weight is 375 g/mol. The van der Waals surface area contributed by atoms with E-state index in [1.54, 1.807) is 0 Å². The lowest BCUT2D eigenvalue weighted by molar-refractivity contribution is -0.171. The van der Waals surface area contributed by atoms with Gasteiger partial charge in [-0.15, -0.1) is 0 Å². The van der Waals surface area contributed by atoms with Gasteiger partial charge in [0.1, 0.15) is 5.78 Å².